The molecule has 0 atom stereocenters. The lowest BCUT2D eigenvalue weighted by Crippen LogP contribution is -2.40. The van der Waals surface area contributed by atoms with Crippen LogP contribution in [0.15, 0.2) is 0 Å². The highest BCUT2D eigenvalue weighted by atomic mass is 32.4. The number of rotatable bonds is 5. The normalized spacial score (nSPS) is 18.0. The second kappa shape index (κ2) is 5.31. The van der Waals surface area contributed by atoms with E-state index in [1.165, 1.54) is 0 Å². The fourth-order valence-corrected chi connectivity index (χ4v) is 18.2. The third kappa shape index (κ3) is 5.08. The Morgan fingerprint density at radius 3 is 1.25 bits per heavy atom. The van der Waals surface area contributed by atoms with Gasteiger partial charge in [-0.15, -0.1) is 10.4 Å². The van der Waals surface area contributed by atoms with Gasteiger partial charge in [0.2, 0.25) is 0 Å². The molecule has 0 aliphatic carbocycles. The molecule has 0 spiro atoms. The molecule has 16 heavy (non-hydrogen) atoms. The largest absolute Gasteiger partial charge is 0.266 e. The van der Waals surface area contributed by atoms with Crippen molar-refractivity contribution in [2.45, 2.75) is 19.9 Å². The van der Waals surface area contributed by atoms with Gasteiger partial charge in [0.25, 0.3) is 0 Å². The van der Waals surface area contributed by atoms with E-state index in [1.807, 2.05) is 0 Å². The lowest BCUT2D eigenvalue weighted by molar-refractivity contribution is 0.754. The van der Waals surface area contributed by atoms with Crippen molar-refractivity contribution >= 4 is 30.8 Å². The van der Waals surface area contributed by atoms with Gasteiger partial charge in [0.05, 0.1) is 0 Å². The molecule has 5 heteroatoms. The summed E-state index contributed by atoms with van der Waals surface area (Å²) < 4.78 is 6.58. The predicted octanol–water partition coefficient (Wildman–Crippen LogP) is 3.40. The van der Waals surface area contributed by atoms with Crippen molar-refractivity contribution in [3.8, 4) is 0 Å². The van der Waals surface area contributed by atoms with E-state index in [1.54, 1.807) is 0 Å². The van der Waals surface area contributed by atoms with Crippen LogP contribution < -0.4 is 4.72 Å². The summed E-state index contributed by atoms with van der Waals surface area (Å²) in [6.45, 7) is 4.48. The first-order valence-corrected chi connectivity index (χ1v) is 13.5. The van der Waals surface area contributed by atoms with Crippen LogP contribution in [0.4, 0.5) is 0 Å². The second-order valence-electron chi connectivity index (χ2n) is 6.31. The van der Waals surface area contributed by atoms with E-state index in [4.69, 9.17) is 0 Å². The average Bonchev–Trinajstić information content (AvgIpc) is 1.70. The molecular formula is C11H32N2S3. The topological polar surface area (TPSA) is 15.3 Å². The molecule has 0 fully saturated rings. The summed E-state index contributed by atoms with van der Waals surface area (Å²) in [5.41, 5.74) is 0. The van der Waals surface area contributed by atoms with E-state index >= 15 is 0 Å². The lowest BCUT2D eigenvalue weighted by Gasteiger charge is -2.61. The van der Waals surface area contributed by atoms with E-state index in [-0.39, 0.29) is 0 Å². The van der Waals surface area contributed by atoms with Crippen molar-refractivity contribution in [1.82, 2.24) is 7.84 Å². The highest BCUT2D eigenvalue weighted by Gasteiger charge is 2.35. The predicted molar refractivity (Wildman–Crippen MR) is 90.3 cm³/mol. The zero-order valence-corrected chi connectivity index (χ0v) is 15.2. The Labute approximate surface area is 108 Å². The van der Waals surface area contributed by atoms with Gasteiger partial charge in [0.15, 0.2) is 0 Å². The van der Waals surface area contributed by atoms with Crippen molar-refractivity contribution in [1.29, 1.82) is 0 Å². The van der Waals surface area contributed by atoms with E-state index in [9.17, 15) is 0 Å². The van der Waals surface area contributed by atoms with Gasteiger partial charge in [-0.1, -0.05) is 0 Å². The van der Waals surface area contributed by atoms with Crippen LogP contribution in [0.5, 0.6) is 0 Å². The highest BCUT2D eigenvalue weighted by molar-refractivity contribution is 8.56. The van der Waals surface area contributed by atoms with Crippen molar-refractivity contribution in [3.63, 3.8) is 0 Å². The monoisotopic (exact) mass is 288 g/mol. The Morgan fingerprint density at radius 1 is 0.750 bits per heavy atom. The minimum atomic E-state index is -0.880. The summed E-state index contributed by atoms with van der Waals surface area (Å²) in [6.07, 6.45) is 19.2. The van der Waals surface area contributed by atoms with Crippen molar-refractivity contribution in [3.05, 3.63) is 0 Å². The molecule has 2 nitrogen and oxygen atoms in total. The van der Waals surface area contributed by atoms with Gasteiger partial charge in [0.1, 0.15) is 0 Å². The maximum absolute atomic E-state index is 3.78. The van der Waals surface area contributed by atoms with Crippen LogP contribution in [0, 0.1) is 0 Å². The SMILES string of the molecule is CC(C)NS(C)(C)N(S(C)(C)C)S(C)(C)C. The van der Waals surface area contributed by atoms with Gasteiger partial charge in [-0.05, 0) is 63.9 Å². The van der Waals surface area contributed by atoms with Gasteiger partial charge in [-0.3, -0.25) is 4.72 Å². The zero-order valence-electron chi connectivity index (χ0n) is 12.7. The van der Waals surface area contributed by atoms with Crippen LogP contribution in [0.1, 0.15) is 13.8 Å². The quantitative estimate of drug-likeness (QED) is 0.834. The van der Waals surface area contributed by atoms with E-state index in [0.717, 1.165) is 0 Å². The fourth-order valence-electron chi connectivity index (χ4n) is 2.41. The van der Waals surface area contributed by atoms with Gasteiger partial charge < -0.3 is 0 Å². The van der Waals surface area contributed by atoms with Crippen molar-refractivity contribution in [2.24, 2.45) is 0 Å². The maximum Gasteiger partial charge on any atom is 0.0111 e. The Kier molecular flexibility index (Phi) is 5.63. The summed E-state index contributed by atoms with van der Waals surface area (Å²) in [5, 5.41) is 0. The minimum Gasteiger partial charge on any atom is -0.266 e. The first kappa shape index (κ1) is 17.0. The fraction of sp³-hybridized carbons (Fsp3) is 1.00. The van der Waals surface area contributed by atoms with Crippen LogP contribution in [-0.4, -0.2) is 59.2 Å². The lowest BCUT2D eigenvalue weighted by atomic mass is 10.4. The van der Waals surface area contributed by atoms with Gasteiger partial charge >= 0.3 is 0 Å². The third-order valence-corrected chi connectivity index (χ3v) is 13.0. The molecule has 1 N–H and O–H groups in total. The standard InChI is InChI=1S/C11H32N2S3/c1-11(2)12-16(9,10)13(14(3,4)5)15(6,7)8/h11-12H,1-10H3. The second-order valence-corrected chi connectivity index (χ2v) is 18.0. The Bertz CT molecular complexity index is 212. The molecule has 104 valence electrons. The molecular weight excluding hydrogens is 256 g/mol. The molecule has 0 radical (unpaired) electrons. The van der Waals surface area contributed by atoms with Crippen LogP contribution in [0.3, 0.4) is 0 Å². The summed E-state index contributed by atoms with van der Waals surface area (Å²) in [5.74, 6) is 0. The first-order valence-electron chi connectivity index (χ1n) is 5.46. The maximum atomic E-state index is 3.78. The van der Waals surface area contributed by atoms with E-state index < -0.39 is 30.8 Å². The van der Waals surface area contributed by atoms with E-state index in [2.05, 4.69) is 71.7 Å². The molecule has 0 aromatic carbocycles. The van der Waals surface area contributed by atoms with Gasteiger partial charge in [0, 0.05) is 6.04 Å². The molecule has 0 bridgehead atoms. The summed E-state index contributed by atoms with van der Waals surface area (Å²) in [4.78, 5) is 0. The van der Waals surface area contributed by atoms with Gasteiger partial charge in [-0.2, -0.15) is 23.5 Å². The van der Waals surface area contributed by atoms with Gasteiger partial charge in [-0.25, -0.2) is 0 Å². The first-order chi connectivity index (χ1) is 6.78. The Hall–Kier alpha value is 0.970. The van der Waals surface area contributed by atoms with Crippen LogP contribution in [0.25, 0.3) is 0 Å². The zero-order chi connectivity index (χ0) is 13.4. The molecule has 0 aromatic heterocycles. The number of nitrogens with zero attached hydrogens (tertiary/aromatic N) is 1. The van der Waals surface area contributed by atoms with Crippen LogP contribution >= 0.6 is 30.8 Å². The number of hydrogen-bond acceptors (Lipinski definition) is 2. The molecule has 0 saturated heterocycles. The van der Waals surface area contributed by atoms with Crippen molar-refractivity contribution < 1.29 is 0 Å². The molecule has 0 aliphatic heterocycles. The van der Waals surface area contributed by atoms with Crippen LogP contribution in [-0.2, 0) is 0 Å². The molecule has 0 aromatic rings. The summed E-state index contributed by atoms with van der Waals surface area (Å²) in [6, 6.07) is 0.552. The number of hydrogen-bond donors (Lipinski definition) is 1. The smallest absolute Gasteiger partial charge is 0.0111 e. The van der Waals surface area contributed by atoms with E-state index in [0.29, 0.717) is 6.04 Å². The molecule has 0 rings (SSSR count). The summed E-state index contributed by atoms with van der Waals surface area (Å²) in [7, 11) is -2.24. The third-order valence-electron chi connectivity index (χ3n) is 1.79. The summed E-state index contributed by atoms with van der Waals surface area (Å²) >= 11 is 0. The molecule has 0 amide bonds. The molecule has 0 unspecified atom stereocenters. The molecule has 0 saturated carbocycles. The molecule has 0 heterocycles. The van der Waals surface area contributed by atoms with Crippen molar-refractivity contribution in [2.75, 3.05) is 50.0 Å². The molecule has 0 aliphatic rings. The Morgan fingerprint density at radius 2 is 1.06 bits per heavy atom. The van der Waals surface area contributed by atoms with Crippen LogP contribution in [0.2, 0.25) is 0 Å². The Balaban J connectivity index is 5.20. The highest BCUT2D eigenvalue weighted by Crippen LogP contribution is 2.69. The minimum absolute atomic E-state index is 0.552. The number of nitrogens with one attached hydrogen (secondary N) is 1. The average molecular weight is 289 g/mol.